The van der Waals surface area contributed by atoms with Crippen molar-refractivity contribution < 1.29 is 27.1 Å². The van der Waals surface area contributed by atoms with Gasteiger partial charge in [-0.2, -0.15) is 13.2 Å². The van der Waals surface area contributed by atoms with E-state index in [4.69, 9.17) is 4.42 Å². The van der Waals surface area contributed by atoms with Gasteiger partial charge >= 0.3 is 12.1 Å². The molecule has 0 fully saturated rings. The summed E-state index contributed by atoms with van der Waals surface area (Å²) in [5.41, 5.74) is 0. The molecule has 0 aliphatic heterocycles. The number of carbonyl (C=O) groups is 1. The highest BCUT2D eigenvalue weighted by Gasteiger charge is 2.25. The highest BCUT2D eigenvalue weighted by atomic mass is 19.4. The molecule has 0 aliphatic rings. The van der Waals surface area contributed by atoms with Crippen molar-refractivity contribution >= 4 is 5.97 Å². The maximum Gasteiger partial charge on any atom is 0.390 e. The molecule has 0 saturated carbocycles. The molecule has 1 aromatic heterocycles. The van der Waals surface area contributed by atoms with E-state index in [2.05, 4.69) is 10.1 Å². The summed E-state index contributed by atoms with van der Waals surface area (Å²) in [6.45, 7) is -0.0647. The maximum absolute atomic E-state index is 11.8. The number of halogens is 3. The number of ether oxygens (including phenoxy) is 1. The van der Waals surface area contributed by atoms with Gasteiger partial charge < -0.3 is 14.5 Å². The number of carbonyl (C=O) groups excluding carboxylic acids is 1. The number of furan rings is 1. The average molecular weight is 251 g/mol. The normalized spacial score (nSPS) is 11.5. The van der Waals surface area contributed by atoms with E-state index in [1.807, 2.05) is 0 Å². The third-order valence-electron chi connectivity index (χ3n) is 1.93. The van der Waals surface area contributed by atoms with E-state index in [-0.39, 0.29) is 18.8 Å². The van der Waals surface area contributed by atoms with Gasteiger partial charge in [0, 0.05) is 6.54 Å². The van der Waals surface area contributed by atoms with Crippen LogP contribution in [0.5, 0.6) is 0 Å². The van der Waals surface area contributed by atoms with Gasteiger partial charge in [-0.25, -0.2) is 4.79 Å². The van der Waals surface area contributed by atoms with E-state index in [9.17, 15) is 18.0 Å². The van der Waals surface area contributed by atoms with Gasteiger partial charge in [-0.05, 0) is 12.1 Å². The van der Waals surface area contributed by atoms with Gasteiger partial charge in [0.2, 0.25) is 5.76 Å². The Kier molecular flexibility index (Phi) is 4.56. The summed E-state index contributed by atoms with van der Waals surface area (Å²) in [5.74, 6) is -0.209. The minimum absolute atomic E-state index is 0.0279. The second kappa shape index (κ2) is 5.72. The third kappa shape index (κ3) is 4.90. The van der Waals surface area contributed by atoms with Crippen LogP contribution in [-0.4, -0.2) is 25.8 Å². The van der Waals surface area contributed by atoms with Gasteiger partial charge in [-0.3, -0.25) is 0 Å². The Morgan fingerprint density at radius 3 is 2.76 bits per heavy atom. The molecule has 0 unspecified atom stereocenters. The molecular weight excluding hydrogens is 239 g/mol. The summed E-state index contributed by atoms with van der Waals surface area (Å²) < 4.78 is 44.9. The molecule has 0 atom stereocenters. The number of hydrogen-bond acceptors (Lipinski definition) is 4. The molecule has 1 rings (SSSR count). The van der Waals surface area contributed by atoms with Gasteiger partial charge in [0.15, 0.2) is 0 Å². The average Bonchev–Trinajstić information content (AvgIpc) is 2.70. The monoisotopic (exact) mass is 251 g/mol. The molecule has 0 aliphatic carbocycles. The molecule has 0 bridgehead atoms. The minimum Gasteiger partial charge on any atom is -0.463 e. The predicted octanol–water partition coefficient (Wildman–Crippen LogP) is 2.11. The van der Waals surface area contributed by atoms with Crippen LogP contribution in [0.25, 0.3) is 0 Å². The van der Waals surface area contributed by atoms with Crippen molar-refractivity contribution in [2.24, 2.45) is 0 Å². The number of nitrogens with one attached hydrogen (secondary N) is 1. The van der Waals surface area contributed by atoms with E-state index in [1.54, 1.807) is 0 Å². The lowest BCUT2D eigenvalue weighted by atomic mass is 10.4. The smallest absolute Gasteiger partial charge is 0.390 e. The Morgan fingerprint density at radius 1 is 1.47 bits per heavy atom. The first-order chi connectivity index (χ1) is 7.92. The first-order valence-electron chi connectivity index (χ1n) is 4.87. The fourth-order valence-corrected chi connectivity index (χ4v) is 1.12. The zero-order chi connectivity index (χ0) is 12.9. The van der Waals surface area contributed by atoms with Crippen molar-refractivity contribution in [3.8, 4) is 0 Å². The second-order valence-electron chi connectivity index (χ2n) is 3.30. The zero-order valence-corrected chi connectivity index (χ0v) is 9.13. The Morgan fingerprint density at radius 2 is 2.18 bits per heavy atom. The van der Waals surface area contributed by atoms with Crippen molar-refractivity contribution in [1.29, 1.82) is 0 Å². The number of methoxy groups -OCH3 is 1. The van der Waals surface area contributed by atoms with Gasteiger partial charge in [0.05, 0.1) is 20.1 Å². The quantitative estimate of drug-likeness (QED) is 0.643. The lowest BCUT2D eigenvalue weighted by molar-refractivity contribution is -0.133. The summed E-state index contributed by atoms with van der Waals surface area (Å²) >= 11 is 0. The molecule has 0 radical (unpaired) electrons. The largest absolute Gasteiger partial charge is 0.463 e. The zero-order valence-electron chi connectivity index (χ0n) is 9.13. The molecule has 0 saturated heterocycles. The van der Waals surface area contributed by atoms with Crippen LogP contribution in [0.1, 0.15) is 22.7 Å². The van der Waals surface area contributed by atoms with Crippen LogP contribution in [0, 0.1) is 0 Å². The van der Waals surface area contributed by atoms with Crippen LogP contribution >= 0.6 is 0 Å². The van der Waals surface area contributed by atoms with E-state index < -0.39 is 18.6 Å². The van der Waals surface area contributed by atoms with E-state index in [0.717, 1.165) is 0 Å². The third-order valence-corrected chi connectivity index (χ3v) is 1.93. The minimum atomic E-state index is -4.17. The first-order valence-corrected chi connectivity index (χ1v) is 4.87. The van der Waals surface area contributed by atoms with Crippen LogP contribution in [0.15, 0.2) is 16.5 Å². The van der Waals surface area contributed by atoms with Crippen molar-refractivity contribution in [2.45, 2.75) is 19.1 Å². The topological polar surface area (TPSA) is 51.5 Å². The number of esters is 1. The van der Waals surface area contributed by atoms with Crippen molar-refractivity contribution in [1.82, 2.24) is 5.32 Å². The Hall–Kier alpha value is -1.50. The Labute approximate surface area is 95.7 Å². The van der Waals surface area contributed by atoms with Gasteiger partial charge in [0.1, 0.15) is 5.76 Å². The van der Waals surface area contributed by atoms with Crippen molar-refractivity contribution in [3.05, 3.63) is 23.7 Å². The van der Waals surface area contributed by atoms with Crippen LogP contribution in [0.2, 0.25) is 0 Å². The summed E-state index contributed by atoms with van der Waals surface area (Å²) in [6, 6.07) is 2.92. The Bertz CT molecular complexity index is 373. The van der Waals surface area contributed by atoms with Crippen LogP contribution in [0.4, 0.5) is 13.2 Å². The summed E-state index contributed by atoms with van der Waals surface area (Å²) in [4.78, 5) is 11.0. The highest BCUT2D eigenvalue weighted by molar-refractivity contribution is 5.86. The fraction of sp³-hybridized carbons (Fsp3) is 0.500. The SMILES string of the molecule is COC(=O)c1ccc(CNCCC(F)(F)F)o1. The standard InChI is InChI=1S/C10H12F3NO3/c1-16-9(15)8-3-2-7(17-8)6-14-5-4-10(11,12)13/h2-3,14H,4-6H2,1H3. The fourth-order valence-electron chi connectivity index (χ4n) is 1.12. The predicted molar refractivity (Wildman–Crippen MR) is 52.4 cm³/mol. The van der Waals surface area contributed by atoms with Gasteiger partial charge in [-0.15, -0.1) is 0 Å². The molecule has 0 amide bonds. The van der Waals surface area contributed by atoms with Crippen LogP contribution < -0.4 is 5.32 Å². The van der Waals surface area contributed by atoms with E-state index in [1.165, 1.54) is 19.2 Å². The van der Waals surface area contributed by atoms with Crippen molar-refractivity contribution in [3.63, 3.8) is 0 Å². The molecule has 17 heavy (non-hydrogen) atoms. The van der Waals surface area contributed by atoms with Gasteiger partial charge in [-0.1, -0.05) is 0 Å². The van der Waals surface area contributed by atoms with E-state index in [0.29, 0.717) is 5.76 Å². The Balaban J connectivity index is 2.33. The van der Waals surface area contributed by atoms with Crippen LogP contribution in [0.3, 0.4) is 0 Å². The van der Waals surface area contributed by atoms with Gasteiger partial charge in [0.25, 0.3) is 0 Å². The molecule has 0 spiro atoms. The van der Waals surface area contributed by atoms with E-state index >= 15 is 0 Å². The summed E-state index contributed by atoms with van der Waals surface area (Å²) in [7, 11) is 1.21. The molecular formula is C10H12F3NO3. The molecule has 7 heteroatoms. The molecule has 0 aromatic carbocycles. The lowest BCUT2D eigenvalue weighted by Gasteiger charge is -2.06. The van der Waals surface area contributed by atoms with Crippen LogP contribution in [-0.2, 0) is 11.3 Å². The molecule has 96 valence electrons. The second-order valence-corrected chi connectivity index (χ2v) is 3.30. The first kappa shape index (κ1) is 13.6. The molecule has 1 heterocycles. The number of hydrogen-bond donors (Lipinski definition) is 1. The lowest BCUT2D eigenvalue weighted by Crippen LogP contribution is -2.21. The molecule has 1 aromatic rings. The molecule has 1 N–H and O–H groups in total. The summed E-state index contributed by atoms with van der Waals surface area (Å²) in [6.07, 6.45) is -5.08. The van der Waals surface area contributed by atoms with Crippen molar-refractivity contribution in [2.75, 3.05) is 13.7 Å². The highest BCUT2D eigenvalue weighted by Crippen LogP contribution is 2.18. The number of rotatable bonds is 5. The molecule has 4 nitrogen and oxygen atoms in total. The summed E-state index contributed by atoms with van der Waals surface area (Å²) in [5, 5.41) is 2.56. The maximum atomic E-state index is 11.8. The number of alkyl halides is 3.